The van der Waals surface area contributed by atoms with Crippen LogP contribution in [0.2, 0.25) is 0 Å². The van der Waals surface area contributed by atoms with E-state index in [1.807, 2.05) is 0 Å². The average molecular weight is 224 g/mol. The van der Waals surface area contributed by atoms with Crippen molar-refractivity contribution in [1.29, 1.82) is 0 Å². The third-order valence-corrected chi connectivity index (χ3v) is 4.59. The Hall–Kier alpha value is -0.0800. The Kier molecular flexibility index (Phi) is 4.26. The van der Waals surface area contributed by atoms with E-state index < -0.39 is 0 Å². The molecule has 16 heavy (non-hydrogen) atoms. The van der Waals surface area contributed by atoms with Crippen LogP contribution >= 0.6 is 0 Å². The third-order valence-electron chi connectivity index (χ3n) is 4.59. The normalized spacial score (nSPS) is 31.5. The van der Waals surface area contributed by atoms with Crippen molar-refractivity contribution in [3.8, 4) is 0 Å². The van der Waals surface area contributed by atoms with E-state index in [0.717, 1.165) is 12.6 Å². The van der Waals surface area contributed by atoms with Crippen LogP contribution in [0.5, 0.6) is 0 Å². The lowest BCUT2D eigenvalue weighted by atomic mass is 9.81. The van der Waals surface area contributed by atoms with Crippen molar-refractivity contribution < 1.29 is 0 Å². The second-order valence-electron chi connectivity index (χ2n) is 5.95. The molecule has 1 saturated heterocycles. The maximum atomic E-state index is 6.57. The molecule has 1 saturated carbocycles. The summed E-state index contributed by atoms with van der Waals surface area (Å²) in [5.74, 6) is 0. The zero-order valence-corrected chi connectivity index (χ0v) is 10.9. The molecule has 0 amide bonds. The fourth-order valence-corrected chi connectivity index (χ4v) is 3.55. The summed E-state index contributed by atoms with van der Waals surface area (Å²) < 4.78 is 0. The molecule has 0 bridgehead atoms. The number of hydrogen-bond donors (Lipinski definition) is 1. The van der Waals surface area contributed by atoms with E-state index in [1.54, 1.807) is 0 Å². The summed E-state index contributed by atoms with van der Waals surface area (Å²) in [5, 5.41) is 0. The first kappa shape index (κ1) is 12.4. The number of hydrogen-bond acceptors (Lipinski definition) is 2. The number of rotatable bonds is 3. The van der Waals surface area contributed by atoms with Crippen LogP contribution < -0.4 is 5.73 Å². The molecular weight excluding hydrogens is 196 g/mol. The van der Waals surface area contributed by atoms with Crippen LogP contribution in [0, 0.1) is 0 Å². The Balaban J connectivity index is 1.90. The smallest absolute Gasteiger partial charge is 0.0283 e. The summed E-state index contributed by atoms with van der Waals surface area (Å²) in [5.41, 5.74) is 6.71. The average Bonchev–Trinajstić information content (AvgIpc) is 2.30. The van der Waals surface area contributed by atoms with Gasteiger partial charge in [0.25, 0.3) is 0 Å². The minimum atomic E-state index is 0.142. The Morgan fingerprint density at radius 1 is 1.12 bits per heavy atom. The summed E-state index contributed by atoms with van der Waals surface area (Å²) in [6, 6.07) is 0.816. The van der Waals surface area contributed by atoms with Gasteiger partial charge in [-0.15, -0.1) is 0 Å². The SMILES string of the molecule is CCC1CCCCN1CC1(N)CCCCC1. The highest BCUT2D eigenvalue weighted by atomic mass is 15.2. The van der Waals surface area contributed by atoms with Crippen LogP contribution in [0.25, 0.3) is 0 Å². The van der Waals surface area contributed by atoms with Crippen molar-refractivity contribution in [2.24, 2.45) is 5.73 Å². The summed E-state index contributed by atoms with van der Waals surface area (Å²) in [7, 11) is 0. The van der Waals surface area contributed by atoms with Crippen LogP contribution in [0.1, 0.15) is 64.7 Å². The van der Waals surface area contributed by atoms with Crippen molar-refractivity contribution in [2.75, 3.05) is 13.1 Å². The zero-order chi connectivity index (χ0) is 11.4. The molecule has 1 heterocycles. The summed E-state index contributed by atoms with van der Waals surface area (Å²) in [4.78, 5) is 2.69. The van der Waals surface area contributed by atoms with E-state index in [2.05, 4.69) is 11.8 Å². The lowest BCUT2D eigenvalue weighted by molar-refractivity contribution is 0.0960. The van der Waals surface area contributed by atoms with E-state index in [-0.39, 0.29) is 5.54 Å². The molecule has 0 aromatic heterocycles. The third kappa shape index (κ3) is 2.98. The number of likely N-dealkylation sites (tertiary alicyclic amines) is 1. The van der Waals surface area contributed by atoms with Gasteiger partial charge in [0.05, 0.1) is 0 Å². The van der Waals surface area contributed by atoms with Crippen LogP contribution in [-0.2, 0) is 0 Å². The van der Waals surface area contributed by atoms with Gasteiger partial charge in [0.1, 0.15) is 0 Å². The lowest BCUT2D eigenvalue weighted by Gasteiger charge is -2.43. The van der Waals surface area contributed by atoms with Gasteiger partial charge in [-0.2, -0.15) is 0 Å². The molecule has 0 radical (unpaired) electrons. The second kappa shape index (κ2) is 5.50. The Morgan fingerprint density at radius 2 is 1.88 bits per heavy atom. The molecule has 0 aromatic carbocycles. The van der Waals surface area contributed by atoms with Gasteiger partial charge in [-0.3, -0.25) is 4.90 Å². The van der Waals surface area contributed by atoms with E-state index in [9.17, 15) is 0 Å². The largest absolute Gasteiger partial charge is 0.324 e. The van der Waals surface area contributed by atoms with Gasteiger partial charge in [0, 0.05) is 18.1 Å². The highest BCUT2D eigenvalue weighted by Crippen LogP contribution is 2.29. The number of piperidine rings is 1. The topological polar surface area (TPSA) is 29.3 Å². The first-order chi connectivity index (χ1) is 7.73. The summed E-state index contributed by atoms with van der Waals surface area (Å²) >= 11 is 0. The molecule has 1 aliphatic heterocycles. The van der Waals surface area contributed by atoms with Crippen molar-refractivity contribution in [3.63, 3.8) is 0 Å². The van der Waals surface area contributed by atoms with Crippen LogP contribution in [0.3, 0.4) is 0 Å². The molecule has 0 spiro atoms. The Morgan fingerprint density at radius 3 is 2.56 bits per heavy atom. The quantitative estimate of drug-likeness (QED) is 0.798. The van der Waals surface area contributed by atoms with Crippen LogP contribution in [-0.4, -0.2) is 29.6 Å². The predicted octanol–water partition coefficient (Wildman–Crippen LogP) is 2.91. The van der Waals surface area contributed by atoms with Gasteiger partial charge in [0.2, 0.25) is 0 Å². The molecule has 2 aliphatic rings. The summed E-state index contributed by atoms with van der Waals surface area (Å²) in [6.07, 6.45) is 12.1. The summed E-state index contributed by atoms with van der Waals surface area (Å²) in [6.45, 7) is 4.77. The molecule has 0 aromatic rings. The molecule has 2 fully saturated rings. The van der Waals surface area contributed by atoms with Crippen LogP contribution in [0.15, 0.2) is 0 Å². The van der Waals surface area contributed by atoms with Gasteiger partial charge >= 0.3 is 0 Å². The van der Waals surface area contributed by atoms with Gasteiger partial charge in [-0.05, 0) is 38.6 Å². The first-order valence-electron chi connectivity index (χ1n) is 7.26. The van der Waals surface area contributed by atoms with Crippen LogP contribution in [0.4, 0.5) is 0 Å². The van der Waals surface area contributed by atoms with E-state index in [0.29, 0.717) is 0 Å². The standard InChI is InChI=1S/C14H28N2/c1-2-13-8-4-7-11-16(13)12-14(15)9-5-3-6-10-14/h13H,2-12,15H2,1H3. The van der Waals surface area contributed by atoms with E-state index >= 15 is 0 Å². The molecule has 2 rings (SSSR count). The monoisotopic (exact) mass is 224 g/mol. The van der Waals surface area contributed by atoms with Gasteiger partial charge in [-0.25, -0.2) is 0 Å². The maximum Gasteiger partial charge on any atom is 0.0283 e. The molecule has 2 N–H and O–H groups in total. The molecule has 1 unspecified atom stereocenters. The van der Waals surface area contributed by atoms with E-state index in [1.165, 1.54) is 64.3 Å². The molecule has 94 valence electrons. The maximum absolute atomic E-state index is 6.57. The fraction of sp³-hybridized carbons (Fsp3) is 1.00. The first-order valence-corrected chi connectivity index (χ1v) is 7.26. The van der Waals surface area contributed by atoms with Crippen molar-refractivity contribution in [1.82, 2.24) is 4.90 Å². The Labute approximate surface area is 101 Å². The van der Waals surface area contributed by atoms with E-state index in [4.69, 9.17) is 5.73 Å². The fourth-order valence-electron chi connectivity index (χ4n) is 3.55. The van der Waals surface area contributed by atoms with Gasteiger partial charge < -0.3 is 5.73 Å². The van der Waals surface area contributed by atoms with Crippen molar-refractivity contribution >= 4 is 0 Å². The minimum Gasteiger partial charge on any atom is -0.324 e. The highest BCUT2D eigenvalue weighted by molar-refractivity contribution is 4.92. The van der Waals surface area contributed by atoms with Gasteiger partial charge in [0.15, 0.2) is 0 Å². The Bertz CT molecular complexity index is 209. The van der Waals surface area contributed by atoms with Crippen molar-refractivity contribution in [2.45, 2.75) is 76.3 Å². The molecule has 2 heteroatoms. The molecular formula is C14H28N2. The van der Waals surface area contributed by atoms with Gasteiger partial charge in [-0.1, -0.05) is 32.6 Å². The molecule has 1 aliphatic carbocycles. The second-order valence-corrected chi connectivity index (χ2v) is 5.95. The molecule has 2 nitrogen and oxygen atoms in total. The number of nitrogens with zero attached hydrogens (tertiary/aromatic N) is 1. The highest BCUT2D eigenvalue weighted by Gasteiger charge is 2.32. The lowest BCUT2D eigenvalue weighted by Crippen LogP contribution is -2.54. The minimum absolute atomic E-state index is 0.142. The van der Waals surface area contributed by atoms with Crippen molar-refractivity contribution in [3.05, 3.63) is 0 Å². The zero-order valence-electron chi connectivity index (χ0n) is 10.9. The number of nitrogens with two attached hydrogens (primary N) is 1. The predicted molar refractivity (Wildman–Crippen MR) is 69.5 cm³/mol. The molecule has 1 atom stereocenters.